The van der Waals surface area contributed by atoms with E-state index in [2.05, 4.69) is 53.7 Å². The number of piperidine rings is 1. The van der Waals surface area contributed by atoms with Crippen molar-refractivity contribution in [1.29, 1.82) is 0 Å². The molecule has 154 valence electrons. The smallest absolute Gasteiger partial charge is 0.223 e. The minimum Gasteiger partial charge on any atom is -0.349 e. The van der Waals surface area contributed by atoms with Gasteiger partial charge in [-0.3, -0.25) is 4.79 Å². The van der Waals surface area contributed by atoms with Gasteiger partial charge in [0.25, 0.3) is 0 Å². The second kappa shape index (κ2) is 7.41. The molecule has 1 atom stereocenters. The number of hydrogen-bond acceptors (Lipinski definition) is 3. The molecule has 2 aliphatic heterocycles. The molecule has 4 nitrogen and oxygen atoms in total. The molecule has 0 N–H and O–H groups in total. The third-order valence-electron chi connectivity index (χ3n) is 7.07. The van der Waals surface area contributed by atoms with Crippen LogP contribution in [0.1, 0.15) is 70.9 Å². The van der Waals surface area contributed by atoms with E-state index in [1.807, 2.05) is 12.1 Å². The van der Waals surface area contributed by atoms with Crippen molar-refractivity contribution in [2.24, 2.45) is 10.8 Å². The van der Waals surface area contributed by atoms with E-state index in [-0.39, 0.29) is 16.9 Å². The van der Waals surface area contributed by atoms with Crippen molar-refractivity contribution < 1.29 is 14.3 Å². The van der Waals surface area contributed by atoms with E-state index in [0.29, 0.717) is 12.3 Å². The summed E-state index contributed by atoms with van der Waals surface area (Å²) in [5.41, 5.74) is 1.43. The summed E-state index contributed by atoms with van der Waals surface area (Å²) >= 11 is 3.49. The number of carbonyl (C=O) groups is 1. The summed E-state index contributed by atoms with van der Waals surface area (Å²) in [5, 5.41) is 0. The van der Waals surface area contributed by atoms with Gasteiger partial charge in [-0.15, -0.1) is 0 Å². The number of likely N-dealkylation sites (tertiary alicyclic amines) is 1. The molecule has 0 radical (unpaired) electrons. The number of rotatable bonds is 2. The summed E-state index contributed by atoms with van der Waals surface area (Å²) in [6, 6.07) is 8.44. The van der Waals surface area contributed by atoms with Crippen molar-refractivity contribution in [3.63, 3.8) is 0 Å². The van der Waals surface area contributed by atoms with Gasteiger partial charge in [-0.2, -0.15) is 0 Å². The van der Waals surface area contributed by atoms with Crippen molar-refractivity contribution in [1.82, 2.24) is 4.90 Å². The topological polar surface area (TPSA) is 38.8 Å². The maximum atomic E-state index is 13.1. The van der Waals surface area contributed by atoms with E-state index in [1.165, 1.54) is 5.56 Å². The molecule has 1 aliphatic carbocycles. The minimum absolute atomic E-state index is 0.102. The molecule has 2 heterocycles. The fraction of sp³-hybridized carbons (Fsp3) is 0.696. The maximum absolute atomic E-state index is 13.1. The first-order chi connectivity index (χ1) is 13.2. The van der Waals surface area contributed by atoms with Gasteiger partial charge >= 0.3 is 0 Å². The van der Waals surface area contributed by atoms with Crippen LogP contribution in [0.5, 0.6) is 0 Å². The van der Waals surface area contributed by atoms with E-state index in [0.717, 1.165) is 56.3 Å². The minimum atomic E-state index is -0.397. The van der Waals surface area contributed by atoms with Gasteiger partial charge in [0.1, 0.15) is 0 Å². The van der Waals surface area contributed by atoms with Crippen LogP contribution in [0.3, 0.4) is 0 Å². The molecule has 1 amide bonds. The standard InChI is InChI=1S/C23H32BrNO3/c1-17(18-4-6-19(24)7-5-18)25-13-12-22(14-20(25)26)8-10-23(11-9-22)27-15-21(2,3)16-28-23/h4-7,17H,8-16H2,1-3H3/t17-/m0/s1. The quantitative estimate of drug-likeness (QED) is 0.601. The highest BCUT2D eigenvalue weighted by Crippen LogP contribution is 2.51. The van der Waals surface area contributed by atoms with Crippen LogP contribution < -0.4 is 0 Å². The SMILES string of the molecule is C[C@@H](c1ccc(Br)cc1)N1CCC2(CCC3(CC2)OCC(C)(C)CO3)CC1=O. The summed E-state index contributed by atoms with van der Waals surface area (Å²) in [7, 11) is 0. The lowest BCUT2D eigenvalue weighted by Gasteiger charge is -2.52. The maximum Gasteiger partial charge on any atom is 0.223 e. The summed E-state index contributed by atoms with van der Waals surface area (Å²) in [6.45, 7) is 8.88. The molecule has 1 aromatic carbocycles. The number of nitrogens with zero attached hydrogens (tertiary/aromatic N) is 1. The van der Waals surface area contributed by atoms with Crippen LogP contribution in [-0.2, 0) is 14.3 Å². The van der Waals surface area contributed by atoms with E-state index < -0.39 is 5.79 Å². The van der Waals surface area contributed by atoms with Crippen molar-refractivity contribution in [3.8, 4) is 0 Å². The van der Waals surface area contributed by atoms with Crippen LogP contribution in [-0.4, -0.2) is 36.4 Å². The number of amides is 1. The summed E-state index contributed by atoms with van der Waals surface area (Å²) in [5.74, 6) is -0.102. The predicted molar refractivity (Wildman–Crippen MR) is 113 cm³/mol. The van der Waals surface area contributed by atoms with Gasteiger partial charge < -0.3 is 14.4 Å². The van der Waals surface area contributed by atoms with Gasteiger partial charge in [-0.1, -0.05) is 41.9 Å². The monoisotopic (exact) mass is 449 g/mol. The largest absolute Gasteiger partial charge is 0.349 e. The zero-order valence-corrected chi connectivity index (χ0v) is 18.9. The summed E-state index contributed by atoms with van der Waals surface area (Å²) < 4.78 is 13.4. The Morgan fingerprint density at radius 3 is 2.18 bits per heavy atom. The second-order valence-electron chi connectivity index (χ2n) is 9.89. The average molecular weight is 450 g/mol. The first kappa shape index (κ1) is 20.4. The molecule has 1 aromatic rings. The lowest BCUT2D eigenvalue weighted by Crippen LogP contribution is -2.53. The summed E-state index contributed by atoms with van der Waals surface area (Å²) in [4.78, 5) is 15.1. The molecule has 4 rings (SSSR count). The highest BCUT2D eigenvalue weighted by Gasteiger charge is 2.50. The van der Waals surface area contributed by atoms with Gasteiger partial charge in [0, 0.05) is 35.7 Å². The Morgan fingerprint density at radius 2 is 1.61 bits per heavy atom. The van der Waals surface area contributed by atoms with Crippen LogP contribution in [0.2, 0.25) is 0 Å². The second-order valence-corrected chi connectivity index (χ2v) is 10.8. The number of ether oxygens (including phenoxy) is 2. The van der Waals surface area contributed by atoms with Gasteiger partial charge in [0.05, 0.1) is 19.3 Å². The Hall–Kier alpha value is -0.910. The van der Waals surface area contributed by atoms with Gasteiger partial charge in [-0.25, -0.2) is 0 Å². The van der Waals surface area contributed by atoms with Gasteiger partial charge in [0.15, 0.2) is 5.79 Å². The zero-order chi connectivity index (χ0) is 20.0. The van der Waals surface area contributed by atoms with E-state index in [1.54, 1.807) is 0 Å². The number of carbonyl (C=O) groups excluding carboxylic acids is 1. The fourth-order valence-electron chi connectivity index (χ4n) is 4.94. The molecule has 3 aliphatic rings. The third-order valence-corrected chi connectivity index (χ3v) is 7.60. The van der Waals surface area contributed by atoms with Crippen LogP contribution >= 0.6 is 15.9 Å². The van der Waals surface area contributed by atoms with E-state index in [4.69, 9.17) is 9.47 Å². The summed E-state index contributed by atoms with van der Waals surface area (Å²) in [6.07, 6.45) is 5.63. The third kappa shape index (κ3) is 4.03. The molecule has 2 saturated heterocycles. The molecular weight excluding hydrogens is 418 g/mol. The van der Waals surface area contributed by atoms with E-state index >= 15 is 0 Å². The Bertz CT molecular complexity index is 710. The van der Waals surface area contributed by atoms with Crippen LogP contribution in [0.25, 0.3) is 0 Å². The van der Waals surface area contributed by atoms with Crippen molar-refractivity contribution in [3.05, 3.63) is 34.3 Å². The highest BCUT2D eigenvalue weighted by atomic mass is 79.9. The van der Waals surface area contributed by atoms with Gasteiger partial charge in [0.2, 0.25) is 5.91 Å². The molecule has 3 fully saturated rings. The van der Waals surface area contributed by atoms with E-state index in [9.17, 15) is 4.79 Å². The molecule has 1 saturated carbocycles. The normalized spacial score (nSPS) is 27.1. The Kier molecular flexibility index (Phi) is 5.39. The fourth-order valence-corrected chi connectivity index (χ4v) is 5.20. The van der Waals surface area contributed by atoms with Crippen molar-refractivity contribution in [2.75, 3.05) is 19.8 Å². The molecule has 5 heteroatoms. The van der Waals surface area contributed by atoms with Gasteiger partial charge in [-0.05, 0) is 49.3 Å². The zero-order valence-electron chi connectivity index (χ0n) is 17.3. The molecule has 0 bridgehead atoms. The Labute approximate surface area is 177 Å². The first-order valence-electron chi connectivity index (χ1n) is 10.5. The lowest BCUT2D eigenvalue weighted by atomic mass is 9.66. The first-order valence-corrected chi connectivity index (χ1v) is 11.3. The van der Waals surface area contributed by atoms with Crippen molar-refractivity contribution in [2.45, 2.75) is 71.1 Å². The number of hydrogen-bond donors (Lipinski definition) is 0. The lowest BCUT2D eigenvalue weighted by molar-refractivity contribution is -0.317. The highest BCUT2D eigenvalue weighted by molar-refractivity contribution is 9.10. The van der Waals surface area contributed by atoms with Crippen LogP contribution in [0, 0.1) is 10.8 Å². The molecule has 0 unspecified atom stereocenters. The number of halogens is 1. The van der Waals surface area contributed by atoms with Crippen LogP contribution in [0.15, 0.2) is 28.7 Å². The average Bonchev–Trinajstić information content (AvgIpc) is 2.67. The Balaban J connectivity index is 1.37. The Morgan fingerprint density at radius 1 is 1.00 bits per heavy atom. The molecule has 28 heavy (non-hydrogen) atoms. The van der Waals surface area contributed by atoms with Crippen molar-refractivity contribution >= 4 is 21.8 Å². The van der Waals surface area contributed by atoms with Crippen LogP contribution in [0.4, 0.5) is 0 Å². The number of benzene rings is 1. The molecule has 0 aromatic heterocycles. The molecule has 2 spiro atoms. The predicted octanol–water partition coefficient (Wildman–Crippen LogP) is 5.46. The molecular formula is C23H32BrNO3.